The molecule has 0 aliphatic carbocycles. The zero-order valence-corrected chi connectivity index (χ0v) is 11.1. The molecule has 4 heteroatoms. The first kappa shape index (κ1) is 13.2. The van der Waals surface area contributed by atoms with Crippen LogP contribution in [0.5, 0.6) is 0 Å². The van der Waals surface area contributed by atoms with Gasteiger partial charge in [0.1, 0.15) is 13.1 Å². The Balaban J connectivity index is 1.75. The lowest BCUT2D eigenvalue weighted by molar-refractivity contribution is -0.117. The highest BCUT2D eigenvalue weighted by Gasteiger charge is 2.44. The zero-order chi connectivity index (χ0) is 12.4. The van der Waals surface area contributed by atoms with E-state index in [2.05, 4.69) is 19.1 Å². The summed E-state index contributed by atoms with van der Waals surface area (Å²) in [5.74, 6) is 1.89. The van der Waals surface area contributed by atoms with E-state index in [0.29, 0.717) is 29.4 Å². The number of nitrogens with zero attached hydrogens (tertiary/aromatic N) is 1. The monoisotopic (exact) mass is 230 g/mol. The average molecular weight is 230 g/mol. The summed E-state index contributed by atoms with van der Waals surface area (Å²) >= 11 is 0. The van der Waals surface area contributed by atoms with Crippen molar-refractivity contribution in [3.63, 3.8) is 0 Å². The fraction of sp³-hybridized carbons (Fsp3) is 0.923. The predicted molar refractivity (Wildman–Crippen MR) is 72.9 cm³/mol. The van der Waals surface area contributed by atoms with Crippen LogP contribution in [0.1, 0.15) is 33.1 Å². The Bertz CT molecular complexity index is 285. The Morgan fingerprint density at radius 2 is 2.24 bits per heavy atom. The molecule has 4 atom stereocenters. The third-order valence-corrected chi connectivity index (χ3v) is 4.41. The molecule has 2 fully saturated rings. The van der Waals surface area contributed by atoms with Gasteiger partial charge < -0.3 is 9.69 Å². The van der Waals surface area contributed by atoms with Gasteiger partial charge in [0.05, 0.1) is 7.85 Å². The van der Waals surface area contributed by atoms with E-state index in [9.17, 15) is 4.79 Å². The van der Waals surface area contributed by atoms with E-state index >= 15 is 0 Å². The van der Waals surface area contributed by atoms with Gasteiger partial charge in [-0.3, -0.25) is 0 Å². The minimum Gasteiger partial charge on any atom is -0.301 e. The van der Waals surface area contributed by atoms with Gasteiger partial charge in [0.25, 0.3) is 0 Å². The van der Waals surface area contributed by atoms with Crippen LogP contribution in [0.2, 0.25) is 18.0 Å². The van der Waals surface area contributed by atoms with Crippen molar-refractivity contribution in [1.29, 1.82) is 0 Å². The Morgan fingerprint density at radius 1 is 1.47 bits per heavy atom. The zero-order valence-electron chi connectivity index (χ0n) is 11.1. The molecule has 2 aliphatic rings. The van der Waals surface area contributed by atoms with E-state index in [1.54, 1.807) is 6.92 Å². The third-order valence-electron chi connectivity index (χ3n) is 4.41. The van der Waals surface area contributed by atoms with Crippen LogP contribution in [-0.2, 0) is 4.79 Å². The van der Waals surface area contributed by atoms with Crippen molar-refractivity contribution < 1.29 is 4.79 Å². The van der Waals surface area contributed by atoms with Crippen molar-refractivity contribution in [3.8, 4) is 0 Å². The van der Waals surface area contributed by atoms with Gasteiger partial charge in [0, 0.05) is 13.0 Å². The highest BCUT2D eigenvalue weighted by atomic mass is 16.1. The summed E-state index contributed by atoms with van der Waals surface area (Å²) < 4.78 is 0. The first-order valence-electron chi connectivity index (χ1n) is 6.92. The van der Waals surface area contributed by atoms with Crippen molar-refractivity contribution in [1.82, 2.24) is 4.90 Å². The van der Waals surface area contributed by atoms with Gasteiger partial charge in [-0.25, -0.2) is 0 Å². The molecular formula is C13H22B2NO. The number of rotatable bonds is 5. The summed E-state index contributed by atoms with van der Waals surface area (Å²) in [6.07, 6.45) is 4.12. The minimum atomic E-state index is 0.314. The molecule has 0 aromatic rings. The second-order valence-electron chi connectivity index (χ2n) is 5.82. The van der Waals surface area contributed by atoms with Crippen LogP contribution in [-0.4, -0.2) is 44.9 Å². The quantitative estimate of drug-likeness (QED) is 0.531. The van der Waals surface area contributed by atoms with Gasteiger partial charge in [0.15, 0.2) is 0 Å². The van der Waals surface area contributed by atoms with E-state index in [1.807, 2.05) is 0 Å². The molecule has 17 heavy (non-hydrogen) atoms. The molecule has 2 rings (SSSR count). The van der Waals surface area contributed by atoms with Crippen molar-refractivity contribution in [2.75, 3.05) is 13.1 Å². The second kappa shape index (κ2) is 5.60. The van der Waals surface area contributed by atoms with Gasteiger partial charge in [-0.05, 0) is 38.3 Å². The molecule has 0 spiro atoms. The van der Waals surface area contributed by atoms with Gasteiger partial charge in [-0.2, -0.15) is 0 Å². The smallest absolute Gasteiger partial charge is 0.129 e. The Labute approximate surface area is 107 Å². The maximum Gasteiger partial charge on any atom is 0.129 e. The van der Waals surface area contributed by atoms with E-state index in [4.69, 9.17) is 7.85 Å². The number of unbranched alkanes of at least 4 members (excludes halogenated alkanes) is 1. The summed E-state index contributed by atoms with van der Waals surface area (Å²) in [6, 6.07) is 0.693. The first-order chi connectivity index (χ1) is 8.09. The van der Waals surface area contributed by atoms with E-state index in [-0.39, 0.29) is 0 Å². The molecule has 2 aliphatic heterocycles. The molecule has 0 bridgehead atoms. The maximum atomic E-state index is 10.9. The largest absolute Gasteiger partial charge is 0.301 e. The van der Waals surface area contributed by atoms with Crippen LogP contribution in [0.15, 0.2) is 0 Å². The van der Waals surface area contributed by atoms with Crippen molar-refractivity contribution in [2.24, 2.45) is 5.92 Å². The lowest BCUT2D eigenvalue weighted by Crippen LogP contribution is -2.56. The average Bonchev–Trinajstić information content (AvgIpc) is 2.20. The van der Waals surface area contributed by atoms with Crippen molar-refractivity contribution >= 4 is 20.9 Å². The van der Waals surface area contributed by atoms with Crippen LogP contribution in [0, 0.1) is 5.92 Å². The predicted octanol–water partition coefficient (Wildman–Crippen LogP) is 1.95. The summed E-state index contributed by atoms with van der Waals surface area (Å²) in [5.41, 5.74) is 0. The summed E-state index contributed by atoms with van der Waals surface area (Å²) in [6.45, 7) is 6.21. The SMILES string of the molecule is [B]C1C(C)CN(CCCCC(C)=O)C2C[B]C12. The van der Waals surface area contributed by atoms with Crippen molar-refractivity contribution in [2.45, 2.75) is 57.1 Å². The number of piperidine rings is 1. The molecule has 2 heterocycles. The number of likely N-dealkylation sites (tertiary alicyclic amines) is 1. The number of Topliss-reactive ketones (excluding diaryl/α,β-unsaturated/α-hetero) is 1. The molecule has 0 aromatic carbocycles. The summed E-state index contributed by atoms with van der Waals surface area (Å²) in [5, 5.41) is 0. The summed E-state index contributed by atoms with van der Waals surface area (Å²) in [4.78, 5) is 13.5. The molecule has 0 N–H and O–H groups in total. The normalized spacial score (nSPS) is 36.8. The van der Waals surface area contributed by atoms with E-state index in [1.165, 1.54) is 6.32 Å². The van der Waals surface area contributed by atoms with E-state index in [0.717, 1.165) is 32.4 Å². The van der Waals surface area contributed by atoms with Crippen molar-refractivity contribution in [3.05, 3.63) is 0 Å². The molecule has 2 nitrogen and oxygen atoms in total. The fourth-order valence-corrected chi connectivity index (χ4v) is 3.17. The number of carbonyl (C=O) groups excluding carboxylic acids is 1. The molecule has 3 radical (unpaired) electrons. The van der Waals surface area contributed by atoms with Gasteiger partial charge in [-0.15, -0.1) is 0 Å². The number of hydrogen-bond donors (Lipinski definition) is 0. The standard InChI is InChI=1S/C13H22B2NO/c1-9-8-16(6-4-3-5-10(2)17)11-7-15-13(11)12(9)14/h9,11-13H,3-8H2,1-2H3. The van der Waals surface area contributed by atoms with Crippen LogP contribution in [0.3, 0.4) is 0 Å². The Morgan fingerprint density at radius 3 is 2.82 bits per heavy atom. The Hall–Kier alpha value is -0.240. The number of hydrogen-bond acceptors (Lipinski definition) is 2. The van der Waals surface area contributed by atoms with Gasteiger partial charge in [-0.1, -0.05) is 24.9 Å². The molecule has 0 amide bonds. The Kier molecular flexibility index (Phi) is 4.35. The highest BCUT2D eigenvalue weighted by molar-refractivity contribution is 6.45. The van der Waals surface area contributed by atoms with Gasteiger partial charge in [0.2, 0.25) is 0 Å². The molecule has 91 valence electrons. The maximum absolute atomic E-state index is 10.9. The van der Waals surface area contributed by atoms with Crippen LogP contribution >= 0.6 is 0 Å². The molecule has 2 saturated heterocycles. The molecule has 0 saturated carbocycles. The lowest BCUT2D eigenvalue weighted by atomic mass is 9.36. The number of carbonyl (C=O) groups is 1. The fourth-order valence-electron chi connectivity index (χ4n) is 3.17. The number of ketones is 1. The molecule has 0 aromatic heterocycles. The molecular weight excluding hydrogens is 208 g/mol. The topological polar surface area (TPSA) is 20.3 Å². The second-order valence-corrected chi connectivity index (χ2v) is 5.82. The lowest BCUT2D eigenvalue weighted by Gasteiger charge is -2.54. The third kappa shape index (κ3) is 2.96. The van der Waals surface area contributed by atoms with Crippen LogP contribution in [0.25, 0.3) is 0 Å². The van der Waals surface area contributed by atoms with E-state index < -0.39 is 0 Å². The highest BCUT2D eigenvalue weighted by Crippen LogP contribution is 2.47. The molecule has 4 unspecified atom stereocenters. The van der Waals surface area contributed by atoms with Crippen LogP contribution in [0.4, 0.5) is 0 Å². The van der Waals surface area contributed by atoms with Crippen LogP contribution < -0.4 is 0 Å². The van der Waals surface area contributed by atoms with Gasteiger partial charge >= 0.3 is 0 Å². The summed E-state index contributed by atoms with van der Waals surface area (Å²) in [7, 11) is 8.60. The minimum absolute atomic E-state index is 0.314. The first-order valence-corrected chi connectivity index (χ1v) is 6.92. The number of fused-ring (bicyclic) bond motifs is 1.